The molecule has 0 unspecified atom stereocenters. The molecule has 194 valence electrons. The third-order valence-electron chi connectivity index (χ3n) is 6.67. The Labute approximate surface area is 211 Å². The van der Waals surface area contributed by atoms with Gasteiger partial charge < -0.3 is 29.0 Å². The molecule has 0 saturated carbocycles. The lowest BCUT2D eigenvalue weighted by Crippen LogP contribution is -2.38. The number of nitrogens with one attached hydrogen (secondary N) is 1. The number of morpholine rings is 1. The molecular formula is C27H34N2O7. The van der Waals surface area contributed by atoms with Crippen LogP contribution in [0, 0.1) is 0 Å². The van der Waals surface area contributed by atoms with Crippen LogP contribution in [0.25, 0.3) is 11.1 Å². The average Bonchev–Trinajstić information content (AvgIpc) is 3.04. The van der Waals surface area contributed by atoms with E-state index in [2.05, 4.69) is 10.2 Å². The summed E-state index contributed by atoms with van der Waals surface area (Å²) in [5, 5.41) is 3.05. The third kappa shape index (κ3) is 5.42. The van der Waals surface area contributed by atoms with E-state index in [1.165, 1.54) is 6.92 Å². The van der Waals surface area contributed by atoms with Gasteiger partial charge in [-0.05, 0) is 47.7 Å². The van der Waals surface area contributed by atoms with E-state index in [9.17, 15) is 9.59 Å². The summed E-state index contributed by atoms with van der Waals surface area (Å²) < 4.78 is 27.9. The fraction of sp³-hybridized carbons (Fsp3) is 0.481. The molecule has 0 spiro atoms. The first kappa shape index (κ1) is 25.8. The Bertz CT molecular complexity index is 1110. The molecule has 9 heteroatoms. The van der Waals surface area contributed by atoms with Crippen LogP contribution in [0.3, 0.4) is 0 Å². The lowest BCUT2D eigenvalue weighted by Gasteiger charge is -2.26. The van der Waals surface area contributed by atoms with Gasteiger partial charge in [-0.15, -0.1) is 0 Å². The summed E-state index contributed by atoms with van der Waals surface area (Å²) in [6.07, 6.45) is 1.32. The molecule has 0 radical (unpaired) electrons. The number of amides is 1. The Hall–Kier alpha value is -3.30. The molecule has 2 aromatic rings. The van der Waals surface area contributed by atoms with Crippen molar-refractivity contribution < 1.29 is 33.3 Å². The van der Waals surface area contributed by atoms with E-state index < -0.39 is 5.97 Å². The second-order valence-corrected chi connectivity index (χ2v) is 8.86. The van der Waals surface area contributed by atoms with Crippen molar-refractivity contribution in [3.8, 4) is 28.4 Å². The van der Waals surface area contributed by atoms with Crippen molar-refractivity contribution in [3.63, 3.8) is 0 Å². The quantitative estimate of drug-likeness (QED) is 0.555. The second kappa shape index (κ2) is 11.6. The van der Waals surface area contributed by atoms with Crippen LogP contribution in [-0.2, 0) is 20.7 Å². The number of rotatable bonds is 8. The van der Waals surface area contributed by atoms with Gasteiger partial charge in [-0.1, -0.05) is 6.07 Å². The van der Waals surface area contributed by atoms with Crippen LogP contribution in [0.15, 0.2) is 24.3 Å². The molecule has 1 N–H and O–H groups in total. The van der Waals surface area contributed by atoms with Crippen LogP contribution in [0.4, 0.5) is 0 Å². The van der Waals surface area contributed by atoms with Crippen molar-refractivity contribution in [3.05, 3.63) is 41.0 Å². The van der Waals surface area contributed by atoms with E-state index in [0.29, 0.717) is 62.0 Å². The van der Waals surface area contributed by atoms with Gasteiger partial charge in [0.15, 0.2) is 11.5 Å². The van der Waals surface area contributed by atoms with Crippen molar-refractivity contribution in [1.82, 2.24) is 10.2 Å². The molecule has 2 aliphatic rings. The van der Waals surface area contributed by atoms with E-state index in [0.717, 1.165) is 35.3 Å². The molecule has 1 fully saturated rings. The van der Waals surface area contributed by atoms with Gasteiger partial charge in [-0.25, -0.2) is 4.79 Å². The largest absolute Gasteiger partial charge is 0.493 e. The van der Waals surface area contributed by atoms with Crippen molar-refractivity contribution in [2.24, 2.45) is 0 Å². The topological polar surface area (TPSA) is 95.6 Å². The van der Waals surface area contributed by atoms with E-state index in [4.69, 9.17) is 23.7 Å². The van der Waals surface area contributed by atoms with Gasteiger partial charge in [0.2, 0.25) is 11.7 Å². The highest BCUT2D eigenvalue weighted by Crippen LogP contribution is 2.50. The lowest BCUT2D eigenvalue weighted by atomic mass is 9.92. The van der Waals surface area contributed by atoms with Crippen molar-refractivity contribution in [2.75, 3.05) is 60.8 Å². The number of methoxy groups -OCH3 is 3. The molecular weight excluding hydrogens is 464 g/mol. The predicted octanol–water partition coefficient (Wildman–Crippen LogP) is 2.99. The zero-order valence-corrected chi connectivity index (χ0v) is 21.3. The fourth-order valence-corrected chi connectivity index (χ4v) is 4.93. The Morgan fingerprint density at radius 1 is 1.06 bits per heavy atom. The smallest absolute Gasteiger partial charge is 0.338 e. The van der Waals surface area contributed by atoms with E-state index >= 15 is 0 Å². The molecule has 1 atom stereocenters. The first-order chi connectivity index (χ1) is 17.5. The van der Waals surface area contributed by atoms with Crippen molar-refractivity contribution in [1.29, 1.82) is 0 Å². The molecule has 4 rings (SSSR count). The van der Waals surface area contributed by atoms with Gasteiger partial charge in [0, 0.05) is 32.1 Å². The third-order valence-corrected chi connectivity index (χ3v) is 6.67. The van der Waals surface area contributed by atoms with Gasteiger partial charge >= 0.3 is 5.97 Å². The number of carbonyl (C=O) groups excluding carboxylic acids is 2. The molecule has 1 aliphatic heterocycles. The molecule has 9 nitrogen and oxygen atoms in total. The maximum atomic E-state index is 12.9. The highest BCUT2D eigenvalue weighted by Gasteiger charge is 2.30. The fourth-order valence-electron chi connectivity index (χ4n) is 4.93. The maximum absolute atomic E-state index is 12.9. The molecule has 0 bridgehead atoms. The number of benzene rings is 2. The molecule has 36 heavy (non-hydrogen) atoms. The molecule has 1 saturated heterocycles. The Kier molecular flexibility index (Phi) is 8.32. The van der Waals surface area contributed by atoms with Crippen LogP contribution >= 0.6 is 0 Å². The van der Waals surface area contributed by atoms with Crippen LogP contribution in [0.2, 0.25) is 0 Å². The first-order valence-electron chi connectivity index (χ1n) is 12.2. The molecule has 2 aromatic carbocycles. The van der Waals surface area contributed by atoms with Crippen LogP contribution in [0.1, 0.15) is 40.9 Å². The number of nitrogens with zero attached hydrogens (tertiary/aromatic N) is 1. The zero-order valence-electron chi connectivity index (χ0n) is 21.3. The van der Waals surface area contributed by atoms with Gasteiger partial charge in [-0.3, -0.25) is 9.69 Å². The number of aryl methyl sites for hydroxylation is 1. The van der Waals surface area contributed by atoms with Gasteiger partial charge in [0.05, 0.1) is 46.1 Å². The minimum Gasteiger partial charge on any atom is -0.493 e. The Morgan fingerprint density at radius 3 is 2.47 bits per heavy atom. The number of esters is 1. The zero-order chi connectivity index (χ0) is 25.7. The van der Waals surface area contributed by atoms with Gasteiger partial charge in [0.25, 0.3) is 0 Å². The summed E-state index contributed by atoms with van der Waals surface area (Å²) >= 11 is 0. The Balaban J connectivity index is 1.69. The predicted molar refractivity (Wildman–Crippen MR) is 134 cm³/mol. The Morgan fingerprint density at radius 2 is 1.81 bits per heavy atom. The standard InChI is InChI=1S/C27H34N2O7/c1-17(30)28-22-8-6-18-16-23(32-2)25(33-3)26(34-4)24(18)20-7-5-19(15-21(20)22)27(31)36-14-11-29-9-12-35-13-10-29/h5,7,15-16,22H,6,8-14H2,1-4H3,(H,28,30)/t22-/m0/s1. The van der Waals surface area contributed by atoms with E-state index in [1.54, 1.807) is 27.4 Å². The monoisotopic (exact) mass is 498 g/mol. The minimum absolute atomic E-state index is 0.141. The maximum Gasteiger partial charge on any atom is 0.338 e. The SMILES string of the molecule is COc1cc2c(c(OC)c1OC)-c1ccc(C(=O)OCCN3CCOCC3)cc1[C@@H](NC(C)=O)CC2. The highest BCUT2D eigenvalue weighted by molar-refractivity contribution is 5.92. The minimum atomic E-state index is -0.392. The normalized spacial score (nSPS) is 17.3. The number of ether oxygens (including phenoxy) is 5. The lowest BCUT2D eigenvalue weighted by molar-refractivity contribution is -0.119. The summed E-state index contributed by atoms with van der Waals surface area (Å²) in [6.45, 7) is 5.54. The number of carbonyl (C=O) groups is 2. The molecule has 1 aliphatic carbocycles. The average molecular weight is 499 g/mol. The van der Waals surface area contributed by atoms with E-state index in [-0.39, 0.29) is 11.9 Å². The van der Waals surface area contributed by atoms with Crippen LogP contribution in [-0.4, -0.2) is 77.6 Å². The summed E-state index contributed by atoms with van der Waals surface area (Å²) in [4.78, 5) is 27.2. The summed E-state index contributed by atoms with van der Waals surface area (Å²) in [6, 6.07) is 7.13. The summed E-state index contributed by atoms with van der Waals surface area (Å²) in [5.41, 5.74) is 4.01. The van der Waals surface area contributed by atoms with E-state index in [1.807, 2.05) is 18.2 Å². The summed E-state index contributed by atoms with van der Waals surface area (Å²) in [5.74, 6) is 1.09. The van der Waals surface area contributed by atoms with Gasteiger partial charge in [0.1, 0.15) is 6.61 Å². The van der Waals surface area contributed by atoms with Crippen LogP contribution in [0.5, 0.6) is 17.2 Å². The highest BCUT2D eigenvalue weighted by atomic mass is 16.5. The number of fused-ring (bicyclic) bond motifs is 3. The molecule has 1 heterocycles. The first-order valence-corrected chi connectivity index (χ1v) is 12.2. The summed E-state index contributed by atoms with van der Waals surface area (Å²) in [7, 11) is 4.75. The van der Waals surface area contributed by atoms with Gasteiger partial charge in [-0.2, -0.15) is 0 Å². The second-order valence-electron chi connectivity index (χ2n) is 8.86. The number of hydrogen-bond donors (Lipinski definition) is 1. The van der Waals surface area contributed by atoms with Crippen molar-refractivity contribution >= 4 is 11.9 Å². The molecule has 0 aromatic heterocycles. The van der Waals surface area contributed by atoms with Crippen molar-refractivity contribution in [2.45, 2.75) is 25.8 Å². The van der Waals surface area contributed by atoms with Crippen LogP contribution < -0.4 is 19.5 Å². The number of hydrogen-bond acceptors (Lipinski definition) is 8. The molecule has 1 amide bonds.